The van der Waals surface area contributed by atoms with Crippen molar-refractivity contribution in [3.05, 3.63) is 29.8 Å². The van der Waals surface area contributed by atoms with Gasteiger partial charge in [-0.15, -0.1) is 0 Å². The number of aliphatic hydroxyl groups is 1. The number of pyridine rings is 1. The summed E-state index contributed by atoms with van der Waals surface area (Å²) in [6.45, 7) is 9.07. The van der Waals surface area contributed by atoms with E-state index in [0.717, 1.165) is 12.7 Å². The predicted octanol–water partition coefficient (Wildman–Crippen LogP) is 2.13. The van der Waals surface area contributed by atoms with E-state index in [2.05, 4.69) is 4.98 Å². The van der Waals surface area contributed by atoms with Crippen LogP contribution in [0, 0.1) is 11.7 Å². The first-order chi connectivity index (χ1) is 9.23. The van der Waals surface area contributed by atoms with Gasteiger partial charge in [0.25, 0.3) is 0 Å². The maximum absolute atomic E-state index is 12.8. The topological polar surface area (TPSA) is 53.4 Å². The van der Waals surface area contributed by atoms with Crippen molar-refractivity contribution < 1.29 is 14.3 Å². The van der Waals surface area contributed by atoms with Crippen LogP contribution in [0.4, 0.5) is 4.39 Å². The van der Waals surface area contributed by atoms with Crippen LogP contribution in [0.25, 0.3) is 0 Å². The molecule has 0 bridgehead atoms. The Morgan fingerprint density at radius 3 is 2.60 bits per heavy atom. The molecule has 4 nitrogen and oxygen atoms in total. The van der Waals surface area contributed by atoms with Crippen LogP contribution in [0.15, 0.2) is 18.3 Å². The van der Waals surface area contributed by atoms with E-state index in [9.17, 15) is 14.3 Å². The summed E-state index contributed by atoms with van der Waals surface area (Å²) < 4.78 is 12.8. The summed E-state index contributed by atoms with van der Waals surface area (Å²) in [6.07, 6.45) is 1.05. The Labute approximate surface area is 119 Å². The molecule has 0 aliphatic rings. The molecule has 1 aromatic rings. The second-order valence-corrected chi connectivity index (χ2v) is 5.77. The van der Waals surface area contributed by atoms with Gasteiger partial charge in [-0.2, -0.15) is 0 Å². The molecule has 0 saturated heterocycles. The first kappa shape index (κ1) is 16.7. The van der Waals surface area contributed by atoms with Gasteiger partial charge in [0, 0.05) is 19.0 Å². The number of carbonyl (C=O) groups excluding carboxylic acids is 1. The summed E-state index contributed by atoms with van der Waals surface area (Å²) in [6, 6.07) is 2.64. The normalized spacial score (nSPS) is 13.6. The molecule has 0 aromatic carbocycles. The fraction of sp³-hybridized carbons (Fsp3) is 0.600. The average Bonchev–Trinajstić information content (AvgIpc) is 2.36. The van der Waals surface area contributed by atoms with Crippen molar-refractivity contribution in [2.45, 2.75) is 33.3 Å². The van der Waals surface area contributed by atoms with Gasteiger partial charge in [0.15, 0.2) is 5.78 Å². The molecule has 0 spiro atoms. The number of ketones is 1. The standard InChI is InChI=1S/C15H23FN2O2/c1-5-18(10-15(3,4)20)9-11(2)14(19)13-7-6-12(16)8-17-13/h6-8,11,20H,5,9-10H2,1-4H3. The van der Waals surface area contributed by atoms with Crippen molar-refractivity contribution in [3.63, 3.8) is 0 Å². The second-order valence-electron chi connectivity index (χ2n) is 5.77. The maximum atomic E-state index is 12.8. The van der Waals surface area contributed by atoms with Crippen LogP contribution in [0.2, 0.25) is 0 Å². The first-order valence-electron chi connectivity index (χ1n) is 6.83. The zero-order valence-corrected chi connectivity index (χ0v) is 12.6. The van der Waals surface area contributed by atoms with Gasteiger partial charge < -0.3 is 10.0 Å². The van der Waals surface area contributed by atoms with Crippen LogP contribution >= 0.6 is 0 Å². The number of likely N-dealkylation sites (N-methyl/N-ethyl adjacent to an activating group) is 1. The summed E-state index contributed by atoms with van der Waals surface area (Å²) in [5, 5.41) is 9.84. The molecule has 1 atom stereocenters. The molecular formula is C15H23FN2O2. The average molecular weight is 282 g/mol. The molecule has 1 N–H and O–H groups in total. The van der Waals surface area contributed by atoms with E-state index in [4.69, 9.17) is 0 Å². The van der Waals surface area contributed by atoms with E-state index in [-0.39, 0.29) is 17.4 Å². The summed E-state index contributed by atoms with van der Waals surface area (Å²) in [5.41, 5.74) is -0.523. The molecule has 0 aliphatic carbocycles. The molecule has 0 amide bonds. The van der Waals surface area contributed by atoms with Crippen molar-refractivity contribution >= 4 is 5.78 Å². The van der Waals surface area contributed by atoms with Crippen molar-refractivity contribution in [2.75, 3.05) is 19.6 Å². The molecule has 0 fully saturated rings. The molecule has 20 heavy (non-hydrogen) atoms. The number of carbonyl (C=O) groups is 1. The molecule has 0 saturated carbocycles. The van der Waals surface area contributed by atoms with Gasteiger partial charge in [0.2, 0.25) is 0 Å². The van der Waals surface area contributed by atoms with Gasteiger partial charge in [-0.3, -0.25) is 9.78 Å². The van der Waals surface area contributed by atoms with Crippen LogP contribution in [0.3, 0.4) is 0 Å². The molecule has 5 heteroatoms. The van der Waals surface area contributed by atoms with Crippen LogP contribution in [0.5, 0.6) is 0 Å². The highest BCUT2D eigenvalue weighted by atomic mass is 19.1. The van der Waals surface area contributed by atoms with Crippen molar-refractivity contribution in [1.29, 1.82) is 0 Å². The van der Waals surface area contributed by atoms with E-state index in [0.29, 0.717) is 13.1 Å². The third-order valence-electron chi connectivity index (χ3n) is 3.02. The molecular weight excluding hydrogens is 259 g/mol. The molecule has 0 aliphatic heterocycles. The Morgan fingerprint density at radius 1 is 1.50 bits per heavy atom. The Bertz CT molecular complexity index is 440. The van der Waals surface area contributed by atoms with E-state index in [1.807, 2.05) is 18.7 Å². The fourth-order valence-corrected chi connectivity index (χ4v) is 2.10. The number of hydrogen-bond donors (Lipinski definition) is 1. The molecule has 1 rings (SSSR count). The first-order valence-corrected chi connectivity index (χ1v) is 6.83. The van der Waals surface area contributed by atoms with E-state index in [1.165, 1.54) is 12.1 Å². The van der Waals surface area contributed by atoms with Gasteiger partial charge in [0.1, 0.15) is 11.5 Å². The van der Waals surface area contributed by atoms with Gasteiger partial charge in [-0.1, -0.05) is 13.8 Å². The Morgan fingerprint density at radius 2 is 2.15 bits per heavy atom. The fourth-order valence-electron chi connectivity index (χ4n) is 2.10. The van der Waals surface area contributed by atoms with E-state index < -0.39 is 11.4 Å². The van der Waals surface area contributed by atoms with E-state index >= 15 is 0 Å². The highest BCUT2D eigenvalue weighted by Gasteiger charge is 2.23. The van der Waals surface area contributed by atoms with E-state index in [1.54, 1.807) is 13.8 Å². The molecule has 1 aromatic heterocycles. The van der Waals surface area contributed by atoms with Crippen molar-refractivity contribution in [2.24, 2.45) is 5.92 Å². The van der Waals surface area contributed by atoms with Gasteiger partial charge in [0.05, 0.1) is 11.8 Å². The monoisotopic (exact) mass is 282 g/mol. The maximum Gasteiger partial charge on any atom is 0.185 e. The minimum atomic E-state index is -0.799. The smallest absolute Gasteiger partial charge is 0.185 e. The summed E-state index contributed by atoms with van der Waals surface area (Å²) in [7, 11) is 0. The number of halogens is 1. The lowest BCUT2D eigenvalue weighted by Crippen LogP contribution is -2.41. The third kappa shape index (κ3) is 5.35. The minimum Gasteiger partial charge on any atom is -0.389 e. The van der Waals surface area contributed by atoms with Crippen molar-refractivity contribution in [3.8, 4) is 0 Å². The number of hydrogen-bond acceptors (Lipinski definition) is 4. The van der Waals surface area contributed by atoms with Crippen LogP contribution < -0.4 is 0 Å². The van der Waals surface area contributed by atoms with Crippen LogP contribution in [-0.2, 0) is 0 Å². The number of Topliss-reactive ketones (excluding diaryl/α,β-unsaturated/α-hetero) is 1. The predicted molar refractivity (Wildman–Crippen MR) is 76.1 cm³/mol. The molecule has 1 heterocycles. The molecule has 1 unspecified atom stereocenters. The zero-order valence-electron chi connectivity index (χ0n) is 12.6. The SMILES string of the molecule is CCN(CC(C)C(=O)c1ccc(F)cn1)CC(C)(C)O. The summed E-state index contributed by atoms with van der Waals surface area (Å²) in [5.74, 6) is -0.819. The summed E-state index contributed by atoms with van der Waals surface area (Å²) >= 11 is 0. The minimum absolute atomic E-state index is 0.112. The summed E-state index contributed by atoms with van der Waals surface area (Å²) in [4.78, 5) is 18.0. The number of rotatable bonds is 7. The van der Waals surface area contributed by atoms with Gasteiger partial charge in [-0.05, 0) is 32.5 Å². The quantitative estimate of drug-likeness (QED) is 0.778. The highest BCUT2D eigenvalue weighted by Crippen LogP contribution is 2.12. The van der Waals surface area contributed by atoms with Crippen molar-refractivity contribution in [1.82, 2.24) is 9.88 Å². The largest absolute Gasteiger partial charge is 0.389 e. The van der Waals surface area contributed by atoms with Gasteiger partial charge >= 0.3 is 0 Å². The number of aromatic nitrogens is 1. The second kappa shape index (κ2) is 6.90. The zero-order chi connectivity index (χ0) is 15.3. The van der Waals surface area contributed by atoms with Crippen LogP contribution in [-0.4, -0.2) is 46.0 Å². The third-order valence-corrected chi connectivity index (χ3v) is 3.02. The Balaban J connectivity index is 2.66. The number of nitrogens with zero attached hydrogens (tertiary/aromatic N) is 2. The van der Waals surface area contributed by atoms with Gasteiger partial charge in [-0.25, -0.2) is 4.39 Å². The molecule has 0 radical (unpaired) electrons. The lowest BCUT2D eigenvalue weighted by molar-refractivity contribution is 0.0329. The molecule has 112 valence electrons. The lowest BCUT2D eigenvalue weighted by atomic mass is 10.0. The lowest BCUT2D eigenvalue weighted by Gasteiger charge is -2.29. The Hall–Kier alpha value is -1.33. The van der Waals surface area contributed by atoms with Crippen LogP contribution in [0.1, 0.15) is 38.2 Å². The highest BCUT2D eigenvalue weighted by molar-refractivity contribution is 5.95. The Kier molecular flexibility index (Phi) is 5.77.